The Morgan fingerprint density at radius 3 is 2.48 bits per heavy atom. The number of esters is 1. The number of hydrogen-bond donors (Lipinski definition) is 3. The van der Waals surface area contributed by atoms with Crippen LogP contribution < -0.4 is 25.1 Å². The number of likely N-dealkylation sites (N-methyl/N-ethyl adjacent to an activating group) is 1. The van der Waals surface area contributed by atoms with E-state index in [9.17, 15) is 43.5 Å². The number of nitrogens with one attached hydrogen (secondary N) is 2. The van der Waals surface area contributed by atoms with Gasteiger partial charge in [-0.3, -0.25) is 29.3 Å². The van der Waals surface area contributed by atoms with Crippen LogP contribution in [-0.2, 0) is 63.8 Å². The molecule has 6 rings (SSSR count). The molecule has 3 saturated heterocycles. The van der Waals surface area contributed by atoms with Crippen molar-refractivity contribution in [2.75, 3.05) is 45.6 Å². The van der Waals surface area contributed by atoms with Crippen LogP contribution in [0.5, 0.6) is 11.6 Å². The Balaban J connectivity index is 1.02. The monoisotopic (exact) mass is 1190 g/mol. The predicted octanol–water partition coefficient (Wildman–Crippen LogP) is 6.16. The van der Waals surface area contributed by atoms with Gasteiger partial charge in [-0.2, -0.15) is 5.10 Å². The molecule has 1 aromatic heterocycles. The number of pyridine rings is 1. The Bertz CT molecular complexity index is 2780. The number of methoxy groups -OCH3 is 2. The van der Waals surface area contributed by atoms with Crippen molar-refractivity contribution in [3.05, 3.63) is 70.4 Å². The average molecular weight is 1190 g/mol. The quantitative estimate of drug-likeness (QED) is 0.0255. The molecular formula is C55H72ClN7O16S2. The Kier molecular flexibility index (Phi) is 21.8. The smallest absolute Gasteiger partial charge is 0.409 e. The third-order valence-electron chi connectivity index (χ3n) is 14.3. The highest BCUT2D eigenvalue weighted by Gasteiger charge is 2.64. The van der Waals surface area contributed by atoms with Crippen LogP contribution >= 0.6 is 33.2 Å². The molecule has 4 aliphatic heterocycles. The van der Waals surface area contributed by atoms with E-state index in [0.29, 0.717) is 39.9 Å². The Labute approximate surface area is 483 Å². The van der Waals surface area contributed by atoms with Gasteiger partial charge >= 0.3 is 18.0 Å². The van der Waals surface area contributed by atoms with Crippen molar-refractivity contribution >= 4 is 92.2 Å². The lowest BCUT2D eigenvalue weighted by atomic mass is 9.83. The summed E-state index contributed by atoms with van der Waals surface area (Å²) in [4.78, 5) is 115. The van der Waals surface area contributed by atoms with E-state index in [-0.39, 0.29) is 80.7 Å². The predicted molar refractivity (Wildman–Crippen MR) is 301 cm³/mol. The van der Waals surface area contributed by atoms with Crippen molar-refractivity contribution in [3.8, 4) is 11.6 Å². The first-order valence-corrected chi connectivity index (χ1v) is 29.0. The average Bonchev–Trinajstić information content (AvgIpc) is 4.01. The highest BCUT2D eigenvalue weighted by atomic mass is 35.5. The number of benzene rings is 1. The number of aliphatic hydroxyl groups is 1. The number of carbonyl (C=O) groups excluding carboxylic acids is 8. The van der Waals surface area contributed by atoms with Crippen LogP contribution in [0.25, 0.3) is 0 Å². The molecule has 0 radical (unpaired) electrons. The molecule has 442 valence electrons. The minimum absolute atomic E-state index is 0.0113. The lowest BCUT2D eigenvalue weighted by molar-refractivity contribution is -0.197. The number of alkyl carbamates (subject to hydrolysis) is 1. The second-order valence-electron chi connectivity index (χ2n) is 21.1. The van der Waals surface area contributed by atoms with Gasteiger partial charge in [-0.15, -0.1) is 5.06 Å². The lowest BCUT2D eigenvalue weighted by Crippen LogP contribution is -2.63. The molecule has 4 aliphatic rings. The highest BCUT2D eigenvalue weighted by Crippen LogP contribution is 2.49. The van der Waals surface area contributed by atoms with Crippen LogP contribution in [0.1, 0.15) is 111 Å². The van der Waals surface area contributed by atoms with Gasteiger partial charge < -0.3 is 48.2 Å². The number of nitrogens with zero attached hydrogens (tertiary/aromatic N) is 5. The second kappa shape index (κ2) is 27.7. The van der Waals surface area contributed by atoms with Crippen molar-refractivity contribution in [2.24, 2.45) is 11.0 Å². The van der Waals surface area contributed by atoms with Gasteiger partial charge in [0.05, 0.1) is 44.1 Å². The number of rotatable bonds is 20. The second-order valence-corrected chi connectivity index (χ2v) is 24.6. The van der Waals surface area contributed by atoms with E-state index in [2.05, 4.69) is 20.8 Å². The summed E-state index contributed by atoms with van der Waals surface area (Å²) in [5.74, 6) is -3.43. The van der Waals surface area contributed by atoms with E-state index in [0.717, 1.165) is 11.1 Å². The highest BCUT2D eigenvalue weighted by molar-refractivity contribution is 8.77. The third kappa shape index (κ3) is 16.7. The number of hydrazone groups is 1. The number of allylic oxidation sites excluding steroid dienone is 3. The van der Waals surface area contributed by atoms with Crippen LogP contribution in [0, 0.1) is 5.92 Å². The number of amides is 6. The molecular weight excluding hydrogens is 1110 g/mol. The number of fused-ring (bicyclic) bond motifs is 5. The zero-order valence-corrected chi connectivity index (χ0v) is 49.8. The Morgan fingerprint density at radius 1 is 1.10 bits per heavy atom. The van der Waals surface area contributed by atoms with E-state index in [1.165, 1.54) is 65.8 Å². The molecule has 3 fully saturated rings. The summed E-state index contributed by atoms with van der Waals surface area (Å²) in [7, 11) is 8.73. The zero-order valence-electron chi connectivity index (χ0n) is 47.4. The summed E-state index contributed by atoms with van der Waals surface area (Å²) in [5, 5.41) is 19.3. The molecule has 2 aromatic rings. The lowest BCUT2D eigenvalue weighted by Gasteiger charge is -2.42. The van der Waals surface area contributed by atoms with Crippen LogP contribution in [0.15, 0.2) is 59.4 Å². The van der Waals surface area contributed by atoms with Crippen molar-refractivity contribution in [1.29, 1.82) is 0 Å². The fourth-order valence-electron chi connectivity index (χ4n) is 9.27. The maximum atomic E-state index is 14.4. The summed E-state index contributed by atoms with van der Waals surface area (Å²) >= 11 is 6.83. The molecule has 23 nitrogen and oxygen atoms in total. The van der Waals surface area contributed by atoms with Crippen LogP contribution in [0.3, 0.4) is 0 Å². The maximum absolute atomic E-state index is 14.4. The van der Waals surface area contributed by atoms with Crippen molar-refractivity contribution in [3.63, 3.8) is 0 Å². The molecule has 8 atom stereocenters. The minimum Gasteiger partial charge on any atom is -0.495 e. The fraction of sp³-hybridized carbons (Fsp3) is 0.564. The summed E-state index contributed by atoms with van der Waals surface area (Å²) in [6.45, 7) is 12.5. The number of halogens is 1. The van der Waals surface area contributed by atoms with Gasteiger partial charge in [0.15, 0.2) is 5.72 Å². The molecule has 0 aliphatic carbocycles. The van der Waals surface area contributed by atoms with Crippen LogP contribution in [-0.4, -0.2) is 161 Å². The van der Waals surface area contributed by atoms with E-state index in [1.54, 1.807) is 64.2 Å². The number of hydroxylamine groups is 2. The van der Waals surface area contributed by atoms with E-state index in [1.807, 2.05) is 26.8 Å². The van der Waals surface area contributed by atoms with Gasteiger partial charge in [-0.1, -0.05) is 63.9 Å². The topological polar surface area (TPSA) is 284 Å². The molecule has 0 saturated carbocycles. The number of hydrogen-bond acceptors (Lipinski definition) is 20. The molecule has 26 heteroatoms. The molecule has 3 N–H and O–H groups in total. The van der Waals surface area contributed by atoms with Gasteiger partial charge in [-0.25, -0.2) is 24.8 Å². The Hall–Kier alpha value is -6.25. The van der Waals surface area contributed by atoms with E-state index >= 15 is 0 Å². The summed E-state index contributed by atoms with van der Waals surface area (Å²) in [6.07, 6.45) is 2.30. The number of aromatic nitrogens is 1. The Morgan fingerprint density at radius 2 is 1.81 bits per heavy atom. The van der Waals surface area contributed by atoms with Crippen LogP contribution in [0.2, 0.25) is 5.02 Å². The first-order chi connectivity index (χ1) is 38.2. The SMILES string of the molecule is COc1cc2cc(c1Cl)N(C)C(=O)C[C@H](OC(=O)[C@H](C)N(C)C(=O)CCSSC(C)(C)CC(=O)N/N=C(/C)c1ccc(OCCCC(=O)ON3C(=O)CCC3=O)nc1)C1(C)O[C@H]1[C@H](C)[C@@H]1C[C@@](O)(NC(=O)O1)[C@H](OC)/C=C/C=C(\C)C2. The number of anilines is 1. The number of epoxide rings is 1. The van der Waals surface area contributed by atoms with Crippen molar-refractivity contribution in [2.45, 2.75) is 153 Å². The summed E-state index contributed by atoms with van der Waals surface area (Å²) in [5.41, 5.74) is 2.52. The maximum Gasteiger partial charge on any atom is 0.409 e. The zero-order chi connectivity index (χ0) is 59.6. The molecule has 1 unspecified atom stereocenters. The first kappa shape index (κ1) is 63.9. The summed E-state index contributed by atoms with van der Waals surface area (Å²) in [6, 6.07) is 5.76. The van der Waals surface area contributed by atoms with Gasteiger partial charge in [0.1, 0.15) is 40.7 Å². The molecule has 4 bridgehead atoms. The minimum atomic E-state index is -1.88. The van der Waals surface area contributed by atoms with Gasteiger partial charge in [0, 0.05) is 87.6 Å². The first-order valence-electron chi connectivity index (χ1n) is 26.3. The number of imide groups is 1. The molecule has 1 aromatic carbocycles. The fourth-order valence-corrected chi connectivity index (χ4v) is 12.1. The molecule has 0 spiro atoms. The normalized spacial score (nSPS) is 25.8. The van der Waals surface area contributed by atoms with E-state index < -0.39 is 88.2 Å². The largest absolute Gasteiger partial charge is 0.495 e. The van der Waals surface area contributed by atoms with Crippen molar-refractivity contribution in [1.82, 2.24) is 25.7 Å². The van der Waals surface area contributed by atoms with E-state index in [4.69, 9.17) is 44.9 Å². The van der Waals surface area contributed by atoms with Crippen molar-refractivity contribution < 1.29 is 76.7 Å². The standard InChI is InChI=1S/C55H72ClN7O16S2/c1-31-14-12-15-40(74-11)55(72)28-39(76-52(71)58-55)32(2)50-54(7,78-50)41(27-47(68)62(9)37-25-35(24-31)26-38(73-10)49(37)56)77-51(70)34(4)61(8)44(65)21-23-80-81-53(5,6)29-42(64)60-59-33(3)36-17-18-43(57-30-36)75-22-13-16-48(69)79-63-45(66)19-20-46(63)67/h12,14-15,17-18,25-26,30,32,34,39-41,50,72H,13,16,19-24,27-29H2,1-11H3,(H,58,71)(H,60,64)/b15-12+,31-14+,59-33-/t32-,34+,39+,40-,41+,50+,54?,55+/m1/s1. The van der Waals surface area contributed by atoms with Gasteiger partial charge in [0.2, 0.25) is 23.6 Å². The third-order valence-corrected chi connectivity index (χ3v) is 17.9. The number of carbonyl (C=O) groups is 8. The van der Waals surface area contributed by atoms with Gasteiger partial charge in [-0.05, 0) is 78.1 Å². The molecule has 5 heterocycles. The van der Waals surface area contributed by atoms with Crippen LogP contribution in [0.4, 0.5) is 10.5 Å². The summed E-state index contributed by atoms with van der Waals surface area (Å²) < 4.78 is 34.5. The molecule has 6 amide bonds. The molecule has 81 heavy (non-hydrogen) atoms. The number of ether oxygens (including phenoxy) is 6. The van der Waals surface area contributed by atoms with Gasteiger partial charge in [0.25, 0.3) is 11.8 Å².